The van der Waals surface area contributed by atoms with Gasteiger partial charge in [-0.25, -0.2) is 0 Å². The van der Waals surface area contributed by atoms with Crippen molar-refractivity contribution in [3.05, 3.63) is 24.0 Å². The lowest BCUT2D eigenvalue weighted by Crippen LogP contribution is -1.99. The average molecular weight is 110 g/mol. The summed E-state index contributed by atoms with van der Waals surface area (Å²) in [6, 6.07) is 0. The summed E-state index contributed by atoms with van der Waals surface area (Å²) in [6.45, 7) is 6.56. The fourth-order valence-electron chi connectivity index (χ4n) is 0.744. The van der Waals surface area contributed by atoms with Gasteiger partial charge in [0.05, 0.1) is 12.4 Å². The van der Waals surface area contributed by atoms with Gasteiger partial charge in [0.15, 0.2) is 0 Å². The van der Waals surface area contributed by atoms with E-state index in [-0.39, 0.29) is 0 Å². The topological polar surface area (TPSA) is 9.23 Å². The Bertz CT molecular complexity index is 133. The second kappa shape index (κ2) is 2.03. The smallest absolute Gasteiger partial charge is 0.0931 e. The van der Waals surface area contributed by atoms with Crippen molar-refractivity contribution in [1.29, 1.82) is 0 Å². The van der Waals surface area contributed by atoms with E-state index in [1.807, 2.05) is 13.0 Å². The monoisotopic (exact) mass is 110 g/mol. The van der Waals surface area contributed by atoms with Crippen molar-refractivity contribution in [3.8, 4) is 0 Å². The minimum atomic E-state index is 0.807. The Kier molecular flexibility index (Phi) is 1.38. The molecule has 8 heavy (non-hydrogen) atoms. The van der Waals surface area contributed by atoms with Gasteiger partial charge < -0.3 is 4.74 Å². The summed E-state index contributed by atoms with van der Waals surface area (Å²) in [5.74, 6) is 0.987. The summed E-state index contributed by atoms with van der Waals surface area (Å²) in [5, 5.41) is 0. The molecule has 0 spiro atoms. The van der Waals surface area contributed by atoms with Gasteiger partial charge in [-0.05, 0) is 18.6 Å². The molecule has 1 nitrogen and oxygen atoms in total. The van der Waals surface area contributed by atoms with Gasteiger partial charge >= 0.3 is 0 Å². The summed E-state index contributed by atoms with van der Waals surface area (Å²) in [7, 11) is 0. The molecular weight excluding hydrogens is 100 g/mol. The number of rotatable bonds is 0. The van der Waals surface area contributed by atoms with Crippen LogP contribution in [0, 0.1) is 0 Å². The van der Waals surface area contributed by atoms with E-state index in [2.05, 4.69) is 6.58 Å². The zero-order valence-electron chi connectivity index (χ0n) is 5.11. The van der Waals surface area contributed by atoms with Crippen LogP contribution in [0.15, 0.2) is 24.0 Å². The lowest BCUT2D eigenvalue weighted by Gasteiger charge is -2.11. The molecule has 0 unspecified atom stereocenters. The molecule has 0 radical (unpaired) electrons. The molecule has 0 amide bonds. The molecule has 1 aliphatic rings. The van der Waals surface area contributed by atoms with Crippen molar-refractivity contribution in [1.82, 2.24) is 0 Å². The van der Waals surface area contributed by atoms with Gasteiger partial charge in [-0.15, -0.1) is 0 Å². The van der Waals surface area contributed by atoms with Crippen LogP contribution in [0.4, 0.5) is 0 Å². The zero-order chi connectivity index (χ0) is 5.98. The Labute approximate surface area is 49.7 Å². The molecule has 1 heterocycles. The lowest BCUT2D eigenvalue weighted by molar-refractivity contribution is 0.209. The van der Waals surface area contributed by atoms with E-state index >= 15 is 0 Å². The summed E-state index contributed by atoms with van der Waals surface area (Å²) in [5.41, 5.74) is 1.17. The van der Waals surface area contributed by atoms with Gasteiger partial charge in [-0.2, -0.15) is 0 Å². The van der Waals surface area contributed by atoms with E-state index in [1.54, 1.807) is 0 Å². The molecule has 1 aliphatic heterocycles. The van der Waals surface area contributed by atoms with Crippen LogP contribution in [0.5, 0.6) is 0 Å². The zero-order valence-corrected chi connectivity index (χ0v) is 5.11. The number of hydrogen-bond donors (Lipinski definition) is 0. The summed E-state index contributed by atoms with van der Waals surface area (Å²) in [6.07, 6.45) is 2.96. The van der Waals surface area contributed by atoms with Crippen LogP contribution in [0.25, 0.3) is 0 Å². The van der Waals surface area contributed by atoms with Crippen molar-refractivity contribution >= 4 is 0 Å². The van der Waals surface area contributed by atoms with Crippen molar-refractivity contribution in [2.75, 3.05) is 6.61 Å². The molecule has 0 N–H and O–H groups in total. The van der Waals surface area contributed by atoms with Crippen LogP contribution >= 0.6 is 0 Å². The van der Waals surface area contributed by atoms with E-state index in [4.69, 9.17) is 4.74 Å². The first-order valence-electron chi connectivity index (χ1n) is 2.78. The molecule has 0 aromatic carbocycles. The third kappa shape index (κ3) is 1.12. The van der Waals surface area contributed by atoms with Crippen LogP contribution in [-0.4, -0.2) is 6.61 Å². The molecule has 0 fully saturated rings. The minimum Gasteiger partial charge on any atom is -0.498 e. The Morgan fingerprint density at radius 1 is 1.75 bits per heavy atom. The molecule has 0 atom stereocenters. The predicted octanol–water partition coefficient (Wildman–Crippen LogP) is 1.87. The quantitative estimate of drug-likeness (QED) is 0.462. The van der Waals surface area contributed by atoms with E-state index in [0.717, 1.165) is 18.8 Å². The maximum atomic E-state index is 5.15. The van der Waals surface area contributed by atoms with Gasteiger partial charge in [0, 0.05) is 6.42 Å². The Morgan fingerprint density at radius 2 is 2.50 bits per heavy atom. The minimum absolute atomic E-state index is 0.807. The first kappa shape index (κ1) is 5.42. The third-order valence-corrected chi connectivity index (χ3v) is 1.16. The molecule has 0 aliphatic carbocycles. The van der Waals surface area contributed by atoms with Crippen LogP contribution in [0.3, 0.4) is 0 Å². The maximum absolute atomic E-state index is 5.15. The van der Waals surface area contributed by atoms with E-state index < -0.39 is 0 Å². The second-order valence-electron chi connectivity index (χ2n) is 2.01. The number of hydrogen-bond acceptors (Lipinski definition) is 1. The van der Waals surface area contributed by atoms with Crippen LogP contribution in [-0.2, 0) is 4.74 Å². The van der Waals surface area contributed by atoms with Gasteiger partial charge in [0.25, 0.3) is 0 Å². The molecule has 0 saturated carbocycles. The molecule has 1 heteroatoms. The molecule has 44 valence electrons. The second-order valence-corrected chi connectivity index (χ2v) is 2.01. The normalized spacial score (nSPS) is 19.6. The lowest BCUT2D eigenvalue weighted by atomic mass is 10.2. The molecule has 0 aromatic rings. The third-order valence-electron chi connectivity index (χ3n) is 1.16. The summed E-state index contributed by atoms with van der Waals surface area (Å²) < 4.78 is 5.15. The SMILES string of the molecule is C=C1C=C(C)OCC1. The first-order valence-corrected chi connectivity index (χ1v) is 2.78. The van der Waals surface area contributed by atoms with E-state index in [1.165, 1.54) is 5.57 Å². The highest BCUT2D eigenvalue weighted by Gasteiger charge is 1.99. The molecular formula is C7H10O. The van der Waals surface area contributed by atoms with E-state index in [0.29, 0.717) is 0 Å². The Morgan fingerprint density at radius 3 is 2.88 bits per heavy atom. The van der Waals surface area contributed by atoms with Crippen molar-refractivity contribution in [3.63, 3.8) is 0 Å². The van der Waals surface area contributed by atoms with Crippen molar-refractivity contribution in [2.24, 2.45) is 0 Å². The number of ether oxygens (including phenoxy) is 1. The van der Waals surface area contributed by atoms with Gasteiger partial charge in [0.2, 0.25) is 0 Å². The highest BCUT2D eigenvalue weighted by molar-refractivity contribution is 5.18. The van der Waals surface area contributed by atoms with Gasteiger partial charge in [-0.1, -0.05) is 6.58 Å². The standard InChI is InChI=1S/C7H10O/c1-6-3-4-8-7(2)5-6/h5H,1,3-4H2,2H3. The van der Waals surface area contributed by atoms with Gasteiger partial charge in [-0.3, -0.25) is 0 Å². The fourth-order valence-corrected chi connectivity index (χ4v) is 0.744. The van der Waals surface area contributed by atoms with Crippen LogP contribution in [0.1, 0.15) is 13.3 Å². The molecule has 0 aromatic heterocycles. The van der Waals surface area contributed by atoms with Crippen molar-refractivity contribution in [2.45, 2.75) is 13.3 Å². The van der Waals surface area contributed by atoms with Gasteiger partial charge in [0.1, 0.15) is 0 Å². The summed E-state index contributed by atoms with van der Waals surface area (Å²) in [4.78, 5) is 0. The highest BCUT2D eigenvalue weighted by atomic mass is 16.5. The molecule has 0 saturated heterocycles. The van der Waals surface area contributed by atoms with Crippen molar-refractivity contribution < 1.29 is 4.74 Å². The highest BCUT2D eigenvalue weighted by Crippen LogP contribution is 2.12. The molecule has 0 bridgehead atoms. The fraction of sp³-hybridized carbons (Fsp3) is 0.429. The Hall–Kier alpha value is -0.720. The first-order chi connectivity index (χ1) is 3.79. The summed E-state index contributed by atoms with van der Waals surface area (Å²) >= 11 is 0. The predicted molar refractivity (Wildman–Crippen MR) is 33.5 cm³/mol. The maximum Gasteiger partial charge on any atom is 0.0931 e. The Balaban J connectivity index is 2.64. The number of allylic oxidation sites excluding steroid dienone is 2. The largest absolute Gasteiger partial charge is 0.498 e. The molecule has 1 rings (SSSR count). The van der Waals surface area contributed by atoms with Crippen LogP contribution in [0.2, 0.25) is 0 Å². The average Bonchev–Trinajstić information content (AvgIpc) is 1.64. The van der Waals surface area contributed by atoms with Crippen LogP contribution < -0.4 is 0 Å². The van der Waals surface area contributed by atoms with E-state index in [9.17, 15) is 0 Å².